The molecule has 1 rings (SSSR count). The van der Waals surface area contributed by atoms with E-state index >= 15 is 0 Å². The number of benzene rings is 1. The van der Waals surface area contributed by atoms with Gasteiger partial charge in [0.05, 0.1) is 5.75 Å². The first kappa shape index (κ1) is 14.6. The third-order valence-electron chi connectivity index (χ3n) is 2.35. The Hall–Kier alpha value is -0.460. The van der Waals surface area contributed by atoms with Crippen LogP contribution in [0.3, 0.4) is 0 Å². The van der Waals surface area contributed by atoms with Crippen molar-refractivity contribution in [3.63, 3.8) is 0 Å². The van der Waals surface area contributed by atoms with E-state index in [1.165, 1.54) is 12.1 Å². The summed E-state index contributed by atoms with van der Waals surface area (Å²) in [4.78, 5) is 0. The topological polar surface area (TPSA) is 46.2 Å². The highest BCUT2D eigenvalue weighted by atomic mass is 79.9. The summed E-state index contributed by atoms with van der Waals surface area (Å²) in [7, 11) is -2.94. The standard InChI is InChI=1S/C11H15BrFNO2S/c1-2-17(15,16)6-5-14-8-9-7-10(13)3-4-11(9)12/h3-4,7,14H,2,5-6,8H2,1H3. The lowest BCUT2D eigenvalue weighted by molar-refractivity contribution is 0.591. The fraction of sp³-hybridized carbons (Fsp3) is 0.455. The van der Waals surface area contributed by atoms with Gasteiger partial charge in [-0.25, -0.2) is 12.8 Å². The smallest absolute Gasteiger partial charge is 0.151 e. The van der Waals surface area contributed by atoms with E-state index < -0.39 is 9.84 Å². The lowest BCUT2D eigenvalue weighted by atomic mass is 10.2. The summed E-state index contributed by atoms with van der Waals surface area (Å²) in [5.41, 5.74) is 0.777. The van der Waals surface area contributed by atoms with Gasteiger partial charge in [0.2, 0.25) is 0 Å². The van der Waals surface area contributed by atoms with E-state index in [0.29, 0.717) is 13.1 Å². The first-order chi connectivity index (χ1) is 7.94. The zero-order chi connectivity index (χ0) is 12.9. The van der Waals surface area contributed by atoms with Gasteiger partial charge >= 0.3 is 0 Å². The van der Waals surface area contributed by atoms with Gasteiger partial charge in [0.1, 0.15) is 5.82 Å². The highest BCUT2D eigenvalue weighted by molar-refractivity contribution is 9.10. The largest absolute Gasteiger partial charge is 0.312 e. The number of sulfone groups is 1. The average molecular weight is 324 g/mol. The first-order valence-electron chi connectivity index (χ1n) is 5.29. The Morgan fingerprint density at radius 2 is 2.12 bits per heavy atom. The first-order valence-corrected chi connectivity index (χ1v) is 7.91. The summed E-state index contributed by atoms with van der Waals surface area (Å²) in [5, 5.41) is 2.98. The minimum Gasteiger partial charge on any atom is -0.312 e. The minimum absolute atomic E-state index is 0.108. The second-order valence-corrected chi connectivity index (χ2v) is 6.98. The van der Waals surface area contributed by atoms with Crippen molar-refractivity contribution < 1.29 is 12.8 Å². The van der Waals surface area contributed by atoms with Crippen LogP contribution in [0.2, 0.25) is 0 Å². The predicted molar refractivity (Wildman–Crippen MR) is 70.1 cm³/mol. The Morgan fingerprint density at radius 3 is 2.76 bits per heavy atom. The van der Waals surface area contributed by atoms with Crippen LogP contribution in [0.25, 0.3) is 0 Å². The third kappa shape index (κ3) is 5.14. The molecule has 0 aliphatic rings. The second kappa shape index (κ2) is 6.47. The number of hydrogen-bond donors (Lipinski definition) is 1. The number of hydrogen-bond acceptors (Lipinski definition) is 3. The molecule has 0 bridgehead atoms. The molecule has 3 nitrogen and oxygen atoms in total. The van der Waals surface area contributed by atoms with Crippen molar-refractivity contribution in [1.82, 2.24) is 5.32 Å². The molecule has 6 heteroatoms. The van der Waals surface area contributed by atoms with Crippen molar-refractivity contribution in [2.75, 3.05) is 18.1 Å². The van der Waals surface area contributed by atoms with Crippen molar-refractivity contribution in [2.24, 2.45) is 0 Å². The van der Waals surface area contributed by atoms with Crippen molar-refractivity contribution in [3.05, 3.63) is 34.1 Å². The Morgan fingerprint density at radius 1 is 1.41 bits per heavy atom. The average Bonchev–Trinajstić information content (AvgIpc) is 2.29. The molecule has 1 aromatic rings. The summed E-state index contributed by atoms with van der Waals surface area (Å²) in [6.07, 6.45) is 0. The fourth-order valence-electron chi connectivity index (χ4n) is 1.27. The monoisotopic (exact) mass is 323 g/mol. The zero-order valence-corrected chi connectivity index (χ0v) is 11.9. The molecule has 0 amide bonds. The summed E-state index contributed by atoms with van der Waals surface area (Å²) >= 11 is 3.31. The van der Waals surface area contributed by atoms with Crippen LogP contribution in [0.15, 0.2) is 22.7 Å². The predicted octanol–water partition coefficient (Wildman–Crippen LogP) is 2.11. The molecule has 0 saturated heterocycles. The van der Waals surface area contributed by atoms with Gasteiger partial charge in [0.25, 0.3) is 0 Å². The Bertz CT molecular complexity index is 476. The van der Waals surface area contributed by atoms with Gasteiger partial charge in [-0.1, -0.05) is 22.9 Å². The zero-order valence-electron chi connectivity index (χ0n) is 9.54. The molecule has 0 fully saturated rings. The Labute approximate surface area is 109 Å². The van der Waals surface area contributed by atoms with Crippen molar-refractivity contribution >= 4 is 25.8 Å². The van der Waals surface area contributed by atoms with E-state index in [2.05, 4.69) is 21.2 Å². The summed E-state index contributed by atoms with van der Waals surface area (Å²) in [5.74, 6) is -0.0411. The van der Waals surface area contributed by atoms with Gasteiger partial charge in [0.15, 0.2) is 9.84 Å². The third-order valence-corrected chi connectivity index (χ3v) is 4.83. The normalized spacial score (nSPS) is 11.7. The maximum absolute atomic E-state index is 13.0. The molecule has 0 aliphatic heterocycles. The van der Waals surface area contributed by atoms with Gasteiger partial charge in [0, 0.05) is 23.3 Å². The van der Waals surface area contributed by atoms with Gasteiger partial charge in [-0.2, -0.15) is 0 Å². The molecule has 0 radical (unpaired) electrons. The molecular formula is C11H15BrFNO2S. The summed E-state index contributed by atoms with van der Waals surface area (Å²) in [6.45, 7) is 2.44. The van der Waals surface area contributed by atoms with Gasteiger partial charge < -0.3 is 5.32 Å². The van der Waals surface area contributed by atoms with Crippen LogP contribution in [0, 0.1) is 5.82 Å². The molecule has 1 N–H and O–H groups in total. The second-order valence-electron chi connectivity index (χ2n) is 3.65. The molecule has 0 heterocycles. The van der Waals surface area contributed by atoms with Crippen molar-refractivity contribution in [3.8, 4) is 0 Å². The number of halogens is 2. The lowest BCUT2D eigenvalue weighted by Crippen LogP contribution is -2.23. The molecule has 0 spiro atoms. The maximum Gasteiger partial charge on any atom is 0.151 e. The van der Waals surface area contributed by atoms with Gasteiger partial charge in [-0.3, -0.25) is 0 Å². The van der Waals surface area contributed by atoms with E-state index in [4.69, 9.17) is 0 Å². The van der Waals surface area contributed by atoms with E-state index in [-0.39, 0.29) is 17.3 Å². The summed E-state index contributed by atoms with van der Waals surface area (Å²) < 4.78 is 36.2. The summed E-state index contributed by atoms with van der Waals surface area (Å²) in [6, 6.07) is 4.43. The fourth-order valence-corrected chi connectivity index (χ4v) is 2.40. The number of rotatable bonds is 6. The molecule has 0 atom stereocenters. The van der Waals surface area contributed by atoms with Crippen LogP contribution in [-0.2, 0) is 16.4 Å². The van der Waals surface area contributed by atoms with Crippen molar-refractivity contribution in [1.29, 1.82) is 0 Å². The molecule has 0 saturated carbocycles. The van der Waals surface area contributed by atoms with E-state index in [1.54, 1.807) is 13.0 Å². The van der Waals surface area contributed by atoms with E-state index in [9.17, 15) is 12.8 Å². The Kier molecular flexibility index (Phi) is 5.55. The number of nitrogens with one attached hydrogen (secondary N) is 1. The molecule has 0 aliphatic carbocycles. The molecular weight excluding hydrogens is 309 g/mol. The van der Waals surface area contributed by atoms with Crippen LogP contribution < -0.4 is 5.32 Å². The van der Waals surface area contributed by atoms with Crippen LogP contribution in [0.5, 0.6) is 0 Å². The van der Waals surface area contributed by atoms with Gasteiger partial charge in [-0.15, -0.1) is 0 Å². The Balaban J connectivity index is 2.44. The van der Waals surface area contributed by atoms with Crippen LogP contribution in [0.4, 0.5) is 4.39 Å². The molecule has 96 valence electrons. The minimum atomic E-state index is -2.94. The van der Waals surface area contributed by atoms with Crippen molar-refractivity contribution in [2.45, 2.75) is 13.5 Å². The molecule has 1 aromatic carbocycles. The van der Waals surface area contributed by atoms with Gasteiger partial charge in [-0.05, 0) is 23.8 Å². The van der Waals surface area contributed by atoms with E-state index in [1.807, 2.05) is 0 Å². The highest BCUT2D eigenvalue weighted by Crippen LogP contribution is 2.17. The van der Waals surface area contributed by atoms with Crippen LogP contribution in [0.1, 0.15) is 12.5 Å². The molecule has 0 unspecified atom stereocenters. The van der Waals surface area contributed by atoms with Crippen LogP contribution >= 0.6 is 15.9 Å². The molecule has 0 aromatic heterocycles. The highest BCUT2D eigenvalue weighted by Gasteiger charge is 2.07. The van der Waals surface area contributed by atoms with Crippen LogP contribution in [-0.4, -0.2) is 26.5 Å². The quantitative estimate of drug-likeness (QED) is 0.816. The van der Waals surface area contributed by atoms with E-state index in [0.717, 1.165) is 10.0 Å². The maximum atomic E-state index is 13.0. The lowest BCUT2D eigenvalue weighted by Gasteiger charge is -2.07. The SMILES string of the molecule is CCS(=O)(=O)CCNCc1cc(F)ccc1Br. The molecule has 17 heavy (non-hydrogen) atoms.